The molecule has 7 heteroatoms. The summed E-state index contributed by atoms with van der Waals surface area (Å²) in [5, 5.41) is 8.57. The number of carbonyl (C=O) groups excluding carboxylic acids is 2. The highest BCUT2D eigenvalue weighted by Crippen LogP contribution is 2.39. The molecule has 26 heavy (non-hydrogen) atoms. The normalized spacial score (nSPS) is 16.2. The van der Waals surface area contributed by atoms with Gasteiger partial charge in [-0.05, 0) is 70.7 Å². The Bertz CT molecular complexity index is 635. The van der Waals surface area contributed by atoms with Crippen LogP contribution in [0.15, 0.2) is 24.3 Å². The summed E-state index contributed by atoms with van der Waals surface area (Å²) >= 11 is 0. The molecule has 0 heterocycles. The van der Waals surface area contributed by atoms with Crippen LogP contribution < -0.4 is 20.7 Å². The number of carbonyl (C=O) groups is 2. The molecular weight excluding hydrogens is 334 g/mol. The minimum atomic E-state index is -0.556. The molecule has 0 spiro atoms. The van der Waals surface area contributed by atoms with Gasteiger partial charge in [-0.2, -0.15) is 0 Å². The zero-order valence-corrected chi connectivity index (χ0v) is 16.1. The molecule has 0 radical (unpaired) electrons. The minimum Gasteiger partial charge on any atom is -0.497 e. The van der Waals surface area contributed by atoms with E-state index in [2.05, 4.69) is 16.0 Å². The van der Waals surface area contributed by atoms with E-state index in [9.17, 15) is 9.59 Å². The topological polar surface area (TPSA) is 88.7 Å². The maximum absolute atomic E-state index is 12.4. The van der Waals surface area contributed by atoms with Crippen LogP contribution in [0.25, 0.3) is 0 Å². The first kappa shape index (κ1) is 19.9. The molecule has 3 amide bonds. The number of hydrogen-bond acceptors (Lipinski definition) is 4. The summed E-state index contributed by atoms with van der Waals surface area (Å²) in [6.07, 6.45) is 1.56. The largest absolute Gasteiger partial charge is 0.497 e. The van der Waals surface area contributed by atoms with Crippen LogP contribution in [0.5, 0.6) is 5.75 Å². The lowest BCUT2D eigenvalue weighted by Gasteiger charge is -2.32. The molecule has 7 nitrogen and oxygen atoms in total. The van der Waals surface area contributed by atoms with Crippen molar-refractivity contribution in [3.05, 3.63) is 24.3 Å². The monoisotopic (exact) mass is 363 g/mol. The van der Waals surface area contributed by atoms with E-state index in [1.54, 1.807) is 31.4 Å². The summed E-state index contributed by atoms with van der Waals surface area (Å²) in [4.78, 5) is 24.3. The van der Waals surface area contributed by atoms with Crippen molar-refractivity contribution in [2.45, 2.75) is 51.7 Å². The van der Waals surface area contributed by atoms with E-state index in [1.165, 1.54) is 0 Å². The number of methoxy groups -OCH3 is 1. The molecule has 3 N–H and O–H groups in total. The van der Waals surface area contributed by atoms with Gasteiger partial charge < -0.3 is 25.4 Å². The van der Waals surface area contributed by atoms with Gasteiger partial charge in [-0.25, -0.2) is 9.59 Å². The minimum absolute atomic E-state index is 0.308. The summed E-state index contributed by atoms with van der Waals surface area (Å²) in [5.41, 5.74) is -0.422. The van der Waals surface area contributed by atoms with Crippen LogP contribution in [-0.4, -0.2) is 36.9 Å². The van der Waals surface area contributed by atoms with Crippen LogP contribution in [0.4, 0.5) is 15.3 Å². The van der Waals surface area contributed by atoms with Crippen molar-refractivity contribution in [3.8, 4) is 5.75 Å². The Morgan fingerprint density at radius 3 is 2.23 bits per heavy atom. The molecule has 1 aliphatic rings. The molecule has 1 unspecified atom stereocenters. The molecule has 1 aromatic carbocycles. The Hall–Kier alpha value is -2.44. The molecule has 2 rings (SSSR count). The van der Waals surface area contributed by atoms with E-state index in [-0.39, 0.29) is 6.03 Å². The van der Waals surface area contributed by atoms with Crippen LogP contribution in [-0.2, 0) is 4.74 Å². The number of nitrogens with one attached hydrogen (secondary N) is 3. The predicted molar refractivity (Wildman–Crippen MR) is 101 cm³/mol. The number of benzene rings is 1. The number of urea groups is 1. The fraction of sp³-hybridized carbons (Fsp3) is 0.579. The second-order valence-electron chi connectivity index (χ2n) is 7.85. The van der Waals surface area contributed by atoms with Crippen LogP contribution in [0.3, 0.4) is 0 Å². The summed E-state index contributed by atoms with van der Waals surface area (Å²) in [5.74, 6) is 1.05. The van der Waals surface area contributed by atoms with Gasteiger partial charge in [-0.3, -0.25) is 0 Å². The predicted octanol–water partition coefficient (Wildman–Crippen LogP) is 3.51. The zero-order chi connectivity index (χ0) is 19.4. The van der Waals surface area contributed by atoms with Crippen molar-refractivity contribution in [2.75, 3.05) is 19.0 Å². The summed E-state index contributed by atoms with van der Waals surface area (Å²) in [7, 11) is 1.59. The molecule has 1 saturated carbocycles. The summed E-state index contributed by atoms with van der Waals surface area (Å²) in [6, 6.07) is 6.78. The number of ether oxygens (including phenoxy) is 2. The average Bonchev–Trinajstić information content (AvgIpc) is 3.37. The van der Waals surface area contributed by atoms with Crippen LogP contribution in [0.1, 0.15) is 40.5 Å². The van der Waals surface area contributed by atoms with E-state index >= 15 is 0 Å². The first-order chi connectivity index (χ1) is 12.1. The molecular formula is C19H29N3O4. The third-order valence-electron chi connectivity index (χ3n) is 4.22. The Kier molecular flexibility index (Phi) is 6.00. The second-order valence-corrected chi connectivity index (χ2v) is 7.85. The molecule has 0 aromatic heterocycles. The molecule has 1 fully saturated rings. The lowest BCUT2D eigenvalue weighted by Crippen LogP contribution is -2.56. The molecule has 0 bridgehead atoms. The lowest BCUT2D eigenvalue weighted by molar-refractivity contribution is 0.0509. The molecule has 0 aliphatic heterocycles. The van der Waals surface area contributed by atoms with Gasteiger partial charge in [0.05, 0.1) is 12.6 Å². The maximum Gasteiger partial charge on any atom is 0.407 e. The molecule has 144 valence electrons. The van der Waals surface area contributed by atoms with E-state index in [4.69, 9.17) is 9.47 Å². The van der Waals surface area contributed by atoms with Gasteiger partial charge >= 0.3 is 12.1 Å². The summed E-state index contributed by atoms with van der Waals surface area (Å²) in [6.45, 7) is 7.69. The van der Waals surface area contributed by atoms with Gasteiger partial charge in [0, 0.05) is 12.2 Å². The van der Waals surface area contributed by atoms with Crippen molar-refractivity contribution in [1.29, 1.82) is 0 Å². The number of hydrogen-bond donors (Lipinski definition) is 3. The Labute approximate surface area is 154 Å². The van der Waals surface area contributed by atoms with Crippen molar-refractivity contribution >= 4 is 17.8 Å². The highest BCUT2D eigenvalue weighted by atomic mass is 16.6. The van der Waals surface area contributed by atoms with Gasteiger partial charge in [0.25, 0.3) is 0 Å². The van der Waals surface area contributed by atoms with Gasteiger partial charge in [0.1, 0.15) is 11.4 Å². The summed E-state index contributed by atoms with van der Waals surface area (Å²) < 4.78 is 10.4. The highest BCUT2D eigenvalue weighted by molar-refractivity contribution is 5.90. The maximum atomic E-state index is 12.4. The van der Waals surface area contributed by atoms with Crippen LogP contribution in [0.2, 0.25) is 0 Å². The smallest absolute Gasteiger partial charge is 0.407 e. The lowest BCUT2D eigenvalue weighted by atomic mass is 9.96. The Morgan fingerprint density at radius 2 is 1.73 bits per heavy atom. The van der Waals surface area contributed by atoms with Gasteiger partial charge in [0.15, 0.2) is 0 Å². The average molecular weight is 363 g/mol. The molecule has 0 saturated heterocycles. The molecule has 1 aromatic rings. The SMILES string of the molecule is COc1ccc(NC(=O)NC(C)(CNC(=O)OC(C)(C)C)C2CC2)cc1. The van der Waals surface area contributed by atoms with Crippen molar-refractivity contribution in [3.63, 3.8) is 0 Å². The fourth-order valence-corrected chi connectivity index (χ4v) is 2.68. The standard InChI is InChI=1S/C19H29N3O4/c1-18(2,3)26-17(24)20-12-19(4,13-6-7-13)22-16(23)21-14-8-10-15(25-5)11-9-14/h8-11,13H,6-7,12H2,1-5H3,(H,20,24)(H2,21,22,23). The number of rotatable bonds is 6. The van der Waals surface area contributed by atoms with E-state index in [1.807, 2.05) is 27.7 Å². The van der Waals surface area contributed by atoms with Crippen LogP contribution >= 0.6 is 0 Å². The third kappa shape index (κ3) is 6.13. The second kappa shape index (κ2) is 7.85. The van der Waals surface area contributed by atoms with Gasteiger partial charge in [0.2, 0.25) is 0 Å². The third-order valence-corrected chi connectivity index (χ3v) is 4.22. The zero-order valence-electron chi connectivity index (χ0n) is 16.1. The quantitative estimate of drug-likeness (QED) is 0.721. The van der Waals surface area contributed by atoms with Gasteiger partial charge in [-0.1, -0.05) is 0 Å². The number of alkyl carbamates (subject to hydrolysis) is 1. The van der Waals surface area contributed by atoms with Crippen molar-refractivity contribution in [1.82, 2.24) is 10.6 Å². The number of amides is 3. The van der Waals surface area contributed by atoms with Crippen LogP contribution in [0, 0.1) is 5.92 Å². The van der Waals surface area contributed by atoms with Crippen molar-refractivity contribution in [2.24, 2.45) is 5.92 Å². The fourth-order valence-electron chi connectivity index (χ4n) is 2.68. The highest BCUT2D eigenvalue weighted by Gasteiger charge is 2.43. The first-order valence-electron chi connectivity index (χ1n) is 8.81. The van der Waals surface area contributed by atoms with Gasteiger partial charge in [-0.15, -0.1) is 0 Å². The molecule has 1 atom stereocenters. The first-order valence-corrected chi connectivity index (χ1v) is 8.81. The Morgan fingerprint density at radius 1 is 1.12 bits per heavy atom. The van der Waals surface area contributed by atoms with E-state index in [0.717, 1.165) is 18.6 Å². The Balaban J connectivity index is 1.91. The number of anilines is 1. The molecule has 1 aliphatic carbocycles. The van der Waals surface area contributed by atoms with E-state index < -0.39 is 17.2 Å². The van der Waals surface area contributed by atoms with Crippen molar-refractivity contribution < 1.29 is 19.1 Å². The van der Waals surface area contributed by atoms with E-state index in [0.29, 0.717) is 18.2 Å².